The first-order valence-corrected chi connectivity index (χ1v) is 10.9. The quantitative estimate of drug-likeness (QED) is 0.297. The molecule has 0 aliphatic rings. The Morgan fingerprint density at radius 3 is 1.94 bits per heavy atom. The first-order chi connectivity index (χ1) is 16.9. The Morgan fingerprint density at radius 1 is 0.600 bits per heavy atom. The van der Waals surface area contributed by atoms with Crippen molar-refractivity contribution in [2.75, 3.05) is 0 Å². The zero-order valence-electron chi connectivity index (χ0n) is 18.1. The first kappa shape index (κ1) is 22.0. The highest BCUT2D eigenvalue weighted by molar-refractivity contribution is 5.85. The van der Waals surface area contributed by atoms with Gasteiger partial charge in [-0.05, 0) is 28.5 Å². The summed E-state index contributed by atoms with van der Waals surface area (Å²) < 4.78 is 6.46. The Labute approximate surface area is 203 Å². The van der Waals surface area contributed by atoms with Gasteiger partial charge in [-0.3, -0.25) is 0 Å². The number of aromatic nitrogens is 5. The van der Waals surface area contributed by atoms with Gasteiger partial charge >= 0.3 is 0 Å². The van der Waals surface area contributed by atoms with Crippen LogP contribution in [0.3, 0.4) is 0 Å². The van der Waals surface area contributed by atoms with Crippen LogP contribution in [0.5, 0.6) is 0 Å². The van der Waals surface area contributed by atoms with Gasteiger partial charge in [0.05, 0.1) is 0 Å². The van der Waals surface area contributed by atoms with Crippen molar-refractivity contribution in [1.29, 1.82) is 0 Å². The minimum atomic E-state index is 0. The number of hydrogen-bond donors (Lipinski definition) is 1. The van der Waals surface area contributed by atoms with Gasteiger partial charge in [-0.1, -0.05) is 104 Å². The third-order valence-corrected chi connectivity index (χ3v) is 5.64. The summed E-state index contributed by atoms with van der Waals surface area (Å²) >= 11 is 0. The van der Waals surface area contributed by atoms with Crippen molar-refractivity contribution in [1.82, 2.24) is 25.6 Å². The molecule has 2 aromatic heterocycles. The van der Waals surface area contributed by atoms with Gasteiger partial charge in [0, 0.05) is 22.3 Å². The van der Waals surface area contributed by atoms with E-state index in [1.54, 1.807) is 0 Å². The van der Waals surface area contributed by atoms with Gasteiger partial charge in [-0.25, -0.2) is 4.98 Å². The number of nitrogens with zero attached hydrogens (tertiary/aromatic N) is 4. The maximum Gasteiger partial charge on any atom is 0.227 e. The smallest absolute Gasteiger partial charge is 0.227 e. The Balaban J connectivity index is 0.00000253. The molecule has 170 valence electrons. The van der Waals surface area contributed by atoms with E-state index in [0.29, 0.717) is 11.7 Å². The number of tetrazole rings is 1. The van der Waals surface area contributed by atoms with Crippen LogP contribution in [0.2, 0.25) is 0 Å². The second-order valence-corrected chi connectivity index (χ2v) is 7.79. The molecule has 0 unspecified atom stereocenters. The highest BCUT2D eigenvalue weighted by Crippen LogP contribution is 2.39. The Morgan fingerprint density at radius 2 is 1.23 bits per heavy atom. The zero-order valence-corrected chi connectivity index (χ0v) is 18.1. The van der Waals surface area contributed by atoms with Crippen molar-refractivity contribution in [3.8, 4) is 56.6 Å². The number of H-pyrrole nitrogens is 1. The molecule has 6 aromatic rings. The number of aromatic amines is 1. The van der Waals surface area contributed by atoms with E-state index in [0.717, 1.165) is 44.8 Å². The monoisotopic (exact) mass is 457 g/mol. The lowest BCUT2D eigenvalue weighted by atomic mass is 9.98. The molecule has 0 saturated heterocycles. The number of oxazole rings is 1. The third-order valence-electron chi connectivity index (χ3n) is 5.64. The summed E-state index contributed by atoms with van der Waals surface area (Å²) in [6, 6.07) is 36.4. The van der Waals surface area contributed by atoms with Crippen LogP contribution < -0.4 is 0 Å². The van der Waals surface area contributed by atoms with Gasteiger partial charge in [0.2, 0.25) is 11.7 Å². The SMILES string of the molecule is C.c1ccc(-c2nc(-c3ccccc3-c3cccc(-c4nn[nH]n4)c3)oc2-c2ccccc2)cc1. The molecule has 6 rings (SSSR count). The van der Waals surface area contributed by atoms with Crippen molar-refractivity contribution in [3.63, 3.8) is 0 Å². The minimum Gasteiger partial charge on any atom is -0.435 e. The first-order valence-electron chi connectivity index (χ1n) is 10.9. The second kappa shape index (κ2) is 9.57. The maximum atomic E-state index is 6.46. The Hall–Kier alpha value is -4.84. The average Bonchev–Trinajstić information content (AvgIpc) is 3.61. The fourth-order valence-corrected chi connectivity index (χ4v) is 4.04. The minimum absolute atomic E-state index is 0. The van der Waals surface area contributed by atoms with Crippen molar-refractivity contribution in [2.24, 2.45) is 0 Å². The van der Waals surface area contributed by atoms with E-state index in [2.05, 4.69) is 32.8 Å². The van der Waals surface area contributed by atoms with Crippen molar-refractivity contribution < 1.29 is 4.42 Å². The Bertz CT molecular complexity index is 1480. The number of nitrogens with one attached hydrogen (secondary N) is 1. The molecule has 0 aliphatic carbocycles. The van der Waals surface area contributed by atoms with Crippen LogP contribution in [0.25, 0.3) is 56.6 Å². The predicted molar refractivity (Wildman–Crippen MR) is 138 cm³/mol. The van der Waals surface area contributed by atoms with Gasteiger partial charge in [0.25, 0.3) is 0 Å². The lowest BCUT2D eigenvalue weighted by molar-refractivity contribution is 0.589. The van der Waals surface area contributed by atoms with E-state index in [9.17, 15) is 0 Å². The second-order valence-electron chi connectivity index (χ2n) is 7.79. The number of benzene rings is 4. The zero-order chi connectivity index (χ0) is 22.7. The molecule has 35 heavy (non-hydrogen) atoms. The molecule has 0 amide bonds. The lowest BCUT2D eigenvalue weighted by Gasteiger charge is -2.08. The maximum absolute atomic E-state index is 6.46. The fourth-order valence-electron chi connectivity index (χ4n) is 4.04. The van der Waals surface area contributed by atoms with Crippen LogP contribution in [0, 0.1) is 0 Å². The third kappa shape index (κ3) is 4.25. The van der Waals surface area contributed by atoms with Crippen LogP contribution in [0.1, 0.15) is 7.43 Å². The van der Waals surface area contributed by atoms with Gasteiger partial charge in [-0.15, -0.1) is 10.2 Å². The van der Waals surface area contributed by atoms with Crippen LogP contribution in [0.15, 0.2) is 114 Å². The molecular formula is C29H23N5O. The summed E-state index contributed by atoms with van der Waals surface area (Å²) in [4.78, 5) is 4.98. The largest absolute Gasteiger partial charge is 0.435 e. The molecule has 0 bridgehead atoms. The molecule has 2 heterocycles. The van der Waals surface area contributed by atoms with Gasteiger partial charge < -0.3 is 4.42 Å². The topological polar surface area (TPSA) is 80.5 Å². The summed E-state index contributed by atoms with van der Waals surface area (Å²) in [5.41, 5.74) is 6.62. The molecule has 0 radical (unpaired) electrons. The molecule has 0 spiro atoms. The van der Waals surface area contributed by atoms with Crippen molar-refractivity contribution >= 4 is 0 Å². The molecule has 4 aromatic carbocycles. The van der Waals surface area contributed by atoms with Gasteiger partial charge in [0.1, 0.15) is 5.69 Å². The number of rotatable bonds is 5. The van der Waals surface area contributed by atoms with E-state index in [-0.39, 0.29) is 7.43 Å². The van der Waals surface area contributed by atoms with Crippen LogP contribution in [-0.4, -0.2) is 25.6 Å². The van der Waals surface area contributed by atoms with E-state index in [1.807, 2.05) is 97.1 Å². The van der Waals surface area contributed by atoms with Crippen LogP contribution in [-0.2, 0) is 0 Å². The normalized spacial score (nSPS) is 10.6. The summed E-state index contributed by atoms with van der Waals surface area (Å²) in [5.74, 6) is 1.86. The highest BCUT2D eigenvalue weighted by atomic mass is 16.4. The molecule has 0 aliphatic heterocycles. The van der Waals surface area contributed by atoms with Crippen LogP contribution >= 0.6 is 0 Å². The van der Waals surface area contributed by atoms with Crippen molar-refractivity contribution in [3.05, 3.63) is 109 Å². The summed E-state index contributed by atoms with van der Waals surface area (Å²) in [7, 11) is 0. The van der Waals surface area contributed by atoms with Gasteiger partial charge in [-0.2, -0.15) is 5.21 Å². The molecule has 6 nitrogen and oxygen atoms in total. The molecule has 1 N–H and O–H groups in total. The molecule has 0 atom stereocenters. The van der Waals surface area contributed by atoms with E-state index < -0.39 is 0 Å². The summed E-state index contributed by atoms with van der Waals surface area (Å²) in [6.07, 6.45) is 0. The average molecular weight is 458 g/mol. The molecular weight excluding hydrogens is 434 g/mol. The molecule has 0 fully saturated rings. The predicted octanol–water partition coefficient (Wildman–Crippen LogP) is 7.16. The van der Waals surface area contributed by atoms with Crippen LogP contribution in [0.4, 0.5) is 0 Å². The van der Waals surface area contributed by atoms with E-state index in [4.69, 9.17) is 9.40 Å². The molecule has 6 heteroatoms. The summed E-state index contributed by atoms with van der Waals surface area (Å²) in [6.45, 7) is 0. The standard InChI is InChI=1S/C28H19N5O.CH4/c1-3-10-19(11-4-1)25-26(20-12-5-2-6-13-20)34-28(29-25)24-17-8-7-16-23(24)21-14-9-15-22(18-21)27-30-32-33-31-27;/h1-18H,(H,30,31,32,33);1H4. The lowest BCUT2D eigenvalue weighted by Crippen LogP contribution is -1.87. The van der Waals surface area contributed by atoms with Crippen molar-refractivity contribution in [2.45, 2.75) is 7.43 Å². The fraction of sp³-hybridized carbons (Fsp3) is 0.0345. The highest BCUT2D eigenvalue weighted by Gasteiger charge is 2.20. The summed E-state index contributed by atoms with van der Waals surface area (Å²) in [5, 5.41) is 14.4. The Kier molecular flexibility index (Phi) is 6.01. The van der Waals surface area contributed by atoms with Gasteiger partial charge in [0.15, 0.2) is 5.76 Å². The molecule has 0 saturated carbocycles. The van der Waals surface area contributed by atoms with E-state index >= 15 is 0 Å². The van der Waals surface area contributed by atoms with E-state index in [1.165, 1.54) is 0 Å². The number of hydrogen-bond acceptors (Lipinski definition) is 5.